The van der Waals surface area contributed by atoms with Crippen LogP contribution in [0.3, 0.4) is 0 Å². The molecule has 1 rings (SSSR count). The van der Waals surface area contributed by atoms with Crippen molar-refractivity contribution in [3.05, 3.63) is 23.8 Å². The first-order chi connectivity index (χ1) is 9.49. The Morgan fingerprint density at radius 3 is 1.50 bits per heavy atom. The van der Waals surface area contributed by atoms with Gasteiger partial charge in [-0.05, 0) is 25.0 Å². The monoisotopic (exact) mass is 326 g/mol. The van der Waals surface area contributed by atoms with Crippen molar-refractivity contribution < 1.29 is 17.6 Å². The van der Waals surface area contributed by atoms with Crippen molar-refractivity contribution in [3.63, 3.8) is 0 Å². The normalized spacial score (nSPS) is 14.3. The first-order valence-corrected chi connectivity index (χ1v) is 8.48. The van der Waals surface area contributed by atoms with E-state index in [1.807, 2.05) is 0 Å². The number of halogens is 4. The maximum Gasteiger partial charge on any atom is 0.173 e. The van der Waals surface area contributed by atoms with E-state index >= 15 is 0 Å². The molecule has 114 valence electrons. The van der Waals surface area contributed by atoms with Gasteiger partial charge in [0.2, 0.25) is 0 Å². The zero-order valence-electron chi connectivity index (χ0n) is 11.5. The van der Waals surface area contributed by atoms with Gasteiger partial charge in [0, 0.05) is 21.3 Å². The summed E-state index contributed by atoms with van der Waals surface area (Å²) in [5, 5.41) is 0. The van der Waals surface area contributed by atoms with E-state index in [4.69, 9.17) is 0 Å². The molecule has 0 fully saturated rings. The lowest BCUT2D eigenvalue weighted by molar-refractivity contribution is 0.358. The predicted octanol–water partition coefficient (Wildman–Crippen LogP) is 5.65. The van der Waals surface area contributed by atoms with Crippen molar-refractivity contribution in [2.45, 2.75) is 48.8 Å². The van der Waals surface area contributed by atoms with Gasteiger partial charge >= 0.3 is 0 Å². The maximum absolute atomic E-state index is 13.8. The Morgan fingerprint density at radius 1 is 0.850 bits per heavy atom. The van der Waals surface area contributed by atoms with E-state index in [2.05, 4.69) is 0 Å². The van der Waals surface area contributed by atoms with Crippen LogP contribution in [0, 0.1) is 11.6 Å². The highest BCUT2D eigenvalue weighted by Crippen LogP contribution is 2.31. The lowest BCUT2D eigenvalue weighted by Crippen LogP contribution is -2.03. The Labute approximate surface area is 125 Å². The van der Waals surface area contributed by atoms with E-state index < -0.39 is 24.0 Å². The second-order valence-corrected chi connectivity index (χ2v) is 6.45. The summed E-state index contributed by atoms with van der Waals surface area (Å²) in [7, 11) is 0. The molecule has 0 aliphatic rings. The molecule has 1 aromatic rings. The average molecular weight is 326 g/mol. The third kappa shape index (κ3) is 5.20. The lowest BCUT2D eigenvalue weighted by atomic mass is 10.3. The third-order valence-electron chi connectivity index (χ3n) is 2.74. The van der Waals surface area contributed by atoms with Gasteiger partial charge < -0.3 is 0 Å². The summed E-state index contributed by atoms with van der Waals surface area (Å²) in [5.74, 6) is -1.76. The van der Waals surface area contributed by atoms with Crippen LogP contribution in [0.25, 0.3) is 0 Å². The van der Waals surface area contributed by atoms with Gasteiger partial charge in [-0.15, -0.1) is 23.5 Å². The molecular formula is C14H18F4S2. The summed E-state index contributed by atoms with van der Waals surface area (Å²) in [6.45, 7) is 3.39. The molecule has 2 unspecified atom stereocenters. The molecule has 20 heavy (non-hydrogen) atoms. The molecule has 0 heterocycles. The molecule has 0 amide bonds. The summed E-state index contributed by atoms with van der Waals surface area (Å²) >= 11 is 1.92. The highest BCUT2D eigenvalue weighted by atomic mass is 32.2. The van der Waals surface area contributed by atoms with Crippen LogP contribution in [0.5, 0.6) is 0 Å². The molecule has 0 nitrogen and oxygen atoms in total. The Kier molecular flexibility index (Phi) is 7.80. The Morgan fingerprint density at radius 2 is 1.20 bits per heavy atom. The second kappa shape index (κ2) is 8.82. The van der Waals surface area contributed by atoms with Gasteiger partial charge in [0.1, 0.15) is 12.3 Å². The van der Waals surface area contributed by atoms with Crippen LogP contribution in [-0.2, 0) is 0 Å². The molecule has 0 N–H and O–H groups in total. The van der Waals surface area contributed by atoms with E-state index in [1.165, 1.54) is 12.1 Å². The van der Waals surface area contributed by atoms with Crippen molar-refractivity contribution in [2.75, 3.05) is 11.5 Å². The summed E-state index contributed by atoms with van der Waals surface area (Å²) in [4.78, 5) is 0.186. The molecule has 0 radical (unpaired) electrons. The first kappa shape index (κ1) is 17.7. The molecule has 0 spiro atoms. The van der Waals surface area contributed by atoms with Crippen molar-refractivity contribution in [1.82, 2.24) is 0 Å². The van der Waals surface area contributed by atoms with E-state index in [1.54, 1.807) is 13.8 Å². The summed E-state index contributed by atoms with van der Waals surface area (Å²) < 4.78 is 53.8. The highest BCUT2D eigenvalue weighted by molar-refractivity contribution is 7.99. The quantitative estimate of drug-likeness (QED) is 0.447. The van der Waals surface area contributed by atoms with Gasteiger partial charge in [-0.2, -0.15) is 0 Å². The zero-order chi connectivity index (χ0) is 15.1. The number of benzene rings is 1. The average Bonchev–Trinajstić information content (AvgIpc) is 2.46. The van der Waals surface area contributed by atoms with E-state index in [0.29, 0.717) is 12.8 Å². The van der Waals surface area contributed by atoms with E-state index in [-0.39, 0.29) is 21.3 Å². The molecular weight excluding hydrogens is 308 g/mol. The summed E-state index contributed by atoms with van der Waals surface area (Å²) in [6.07, 6.45) is -1.37. The molecule has 0 aromatic heterocycles. The van der Waals surface area contributed by atoms with Gasteiger partial charge in [0.25, 0.3) is 0 Å². The van der Waals surface area contributed by atoms with E-state index in [9.17, 15) is 17.6 Å². The van der Waals surface area contributed by atoms with Crippen molar-refractivity contribution in [2.24, 2.45) is 0 Å². The lowest BCUT2D eigenvalue weighted by Gasteiger charge is -2.10. The van der Waals surface area contributed by atoms with Crippen LogP contribution >= 0.6 is 23.5 Å². The first-order valence-electron chi connectivity index (χ1n) is 6.51. The van der Waals surface area contributed by atoms with Crippen LogP contribution in [0.1, 0.15) is 26.7 Å². The second-order valence-electron chi connectivity index (χ2n) is 4.32. The van der Waals surface area contributed by atoms with Crippen LogP contribution < -0.4 is 0 Å². The van der Waals surface area contributed by atoms with Crippen molar-refractivity contribution >= 4 is 23.5 Å². The standard InChI is InChI=1S/C14H18F4S2/c1-3-9(15)7-19-11-5-6-12(14(18)13(11)17)20-8-10(16)4-2/h5-6,9-10H,3-4,7-8H2,1-2H3. The SMILES string of the molecule is CCC(F)CSc1ccc(SCC(F)CC)c(F)c1F. The third-order valence-corrected chi connectivity index (χ3v) is 5.05. The number of hydrogen-bond acceptors (Lipinski definition) is 2. The fraction of sp³-hybridized carbons (Fsp3) is 0.571. The van der Waals surface area contributed by atoms with Gasteiger partial charge in [0.15, 0.2) is 11.6 Å². The summed E-state index contributed by atoms with van der Waals surface area (Å²) in [5.41, 5.74) is 0. The smallest absolute Gasteiger partial charge is 0.173 e. The minimum absolute atomic E-state index is 0.0928. The van der Waals surface area contributed by atoms with Crippen molar-refractivity contribution in [3.8, 4) is 0 Å². The predicted molar refractivity (Wildman–Crippen MR) is 78.2 cm³/mol. The fourth-order valence-electron chi connectivity index (χ4n) is 1.33. The zero-order valence-corrected chi connectivity index (χ0v) is 13.1. The Balaban J connectivity index is 2.71. The number of thioether (sulfide) groups is 2. The summed E-state index contributed by atoms with van der Waals surface area (Å²) in [6, 6.07) is 2.85. The van der Waals surface area contributed by atoms with Crippen LogP contribution in [0.4, 0.5) is 17.6 Å². The molecule has 0 bridgehead atoms. The topological polar surface area (TPSA) is 0 Å². The highest BCUT2D eigenvalue weighted by Gasteiger charge is 2.16. The molecule has 0 aliphatic carbocycles. The fourth-order valence-corrected chi connectivity index (χ4v) is 3.29. The maximum atomic E-state index is 13.8. The number of hydrogen-bond donors (Lipinski definition) is 0. The Bertz CT molecular complexity index is 387. The molecule has 1 aromatic carbocycles. The largest absolute Gasteiger partial charge is 0.247 e. The van der Waals surface area contributed by atoms with Gasteiger partial charge in [-0.3, -0.25) is 0 Å². The number of alkyl halides is 2. The van der Waals surface area contributed by atoms with Crippen LogP contribution in [0.2, 0.25) is 0 Å². The Hall–Kier alpha value is -0.360. The molecule has 6 heteroatoms. The van der Waals surface area contributed by atoms with Crippen molar-refractivity contribution in [1.29, 1.82) is 0 Å². The minimum atomic E-state index is -1.03. The van der Waals surface area contributed by atoms with E-state index in [0.717, 1.165) is 23.5 Å². The van der Waals surface area contributed by atoms with Gasteiger partial charge in [-0.25, -0.2) is 17.6 Å². The molecule has 2 atom stereocenters. The van der Waals surface area contributed by atoms with Crippen LogP contribution in [0.15, 0.2) is 21.9 Å². The van der Waals surface area contributed by atoms with Gasteiger partial charge in [-0.1, -0.05) is 13.8 Å². The van der Waals surface area contributed by atoms with Crippen LogP contribution in [-0.4, -0.2) is 23.8 Å². The number of rotatable bonds is 8. The molecule has 0 saturated carbocycles. The molecule has 0 aliphatic heterocycles. The molecule has 0 saturated heterocycles. The minimum Gasteiger partial charge on any atom is -0.247 e. The van der Waals surface area contributed by atoms with Gasteiger partial charge in [0.05, 0.1) is 0 Å².